The zero-order valence-corrected chi connectivity index (χ0v) is 14.7. The van der Waals surface area contributed by atoms with Crippen LogP contribution in [0, 0.1) is 0 Å². The minimum Gasteiger partial charge on any atom is -0.493 e. The van der Waals surface area contributed by atoms with Crippen LogP contribution in [-0.4, -0.2) is 12.4 Å². The number of ether oxygens (including phenoxy) is 1. The summed E-state index contributed by atoms with van der Waals surface area (Å²) in [6.45, 7) is 5.35. The Kier molecular flexibility index (Phi) is 10.5. The van der Waals surface area contributed by atoms with Crippen molar-refractivity contribution < 1.29 is 4.74 Å². The SMILES string of the molecule is CCC(C)c1ccccc1OCCCCCCCCCS. The van der Waals surface area contributed by atoms with E-state index in [0.29, 0.717) is 5.92 Å². The third-order valence-corrected chi connectivity index (χ3v) is 4.44. The zero-order valence-electron chi connectivity index (χ0n) is 13.8. The number of benzene rings is 1. The predicted molar refractivity (Wildman–Crippen MR) is 96.8 cm³/mol. The molecule has 0 aliphatic carbocycles. The Hall–Kier alpha value is -0.630. The molecule has 1 atom stereocenters. The Morgan fingerprint density at radius 2 is 1.57 bits per heavy atom. The predicted octanol–water partition coefficient (Wildman–Crippen LogP) is 6.24. The van der Waals surface area contributed by atoms with Crippen LogP contribution in [0.1, 0.15) is 76.7 Å². The molecule has 1 rings (SSSR count). The molecule has 0 saturated heterocycles. The van der Waals surface area contributed by atoms with E-state index in [1.54, 1.807) is 0 Å². The van der Waals surface area contributed by atoms with E-state index in [9.17, 15) is 0 Å². The van der Waals surface area contributed by atoms with Crippen LogP contribution in [-0.2, 0) is 0 Å². The van der Waals surface area contributed by atoms with E-state index in [1.807, 2.05) is 0 Å². The van der Waals surface area contributed by atoms with Crippen LogP contribution in [0.3, 0.4) is 0 Å². The molecule has 120 valence electrons. The largest absolute Gasteiger partial charge is 0.493 e. The summed E-state index contributed by atoms with van der Waals surface area (Å²) in [4.78, 5) is 0. The molecule has 0 radical (unpaired) electrons. The average molecular weight is 309 g/mol. The highest BCUT2D eigenvalue weighted by molar-refractivity contribution is 7.80. The third kappa shape index (κ3) is 7.80. The van der Waals surface area contributed by atoms with E-state index in [4.69, 9.17) is 4.74 Å². The normalized spacial score (nSPS) is 12.3. The van der Waals surface area contributed by atoms with Gasteiger partial charge in [-0.05, 0) is 42.6 Å². The van der Waals surface area contributed by atoms with E-state index in [-0.39, 0.29) is 0 Å². The Morgan fingerprint density at radius 3 is 2.24 bits per heavy atom. The number of hydrogen-bond donors (Lipinski definition) is 1. The molecule has 0 saturated carbocycles. The first-order valence-corrected chi connectivity index (χ1v) is 9.25. The molecule has 0 fully saturated rings. The first-order valence-electron chi connectivity index (χ1n) is 8.62. The summed E-state index contributed by atoms with van der Waals surface area (Å²) in [5.74, 6) is 2.69. The summed E-state index contributed by atoms with van der Waals surface area (Å²) in [5.41, 5.74) is 1.35. The minimum absolute atomic E-state index is 0.577. The fourth-order valence-electron chi connectivity index (χ4n) is 2.52. The lowest BCUT2D eigenvalue weighted by molar-refractivity contribution is 0.299. The van der Waals surface area contributed by atoms with E-state index >= 15 is 0 Å². The molecule has 0 bridgehead atoms. The summed E-state index contributed by atoms with van der Waals surface area (Å²) in [6.07, 6.45) is 10.3. The van der Waals surface area contributed by atoms with Crippen LogP contribution in [0.2, 0.25) is 0 Å². The van der Waals surface area contributed by atoms with Crippen LogP contribution in [0.5, 0.6) is 5.75 Å². The van der Waals surface area contributed by atoms with Gasteiger partial charge in [0, 0.05) is 0 Å². The van der Waals surface area contributed by atoms with Gasteiger partial charge in [0.25, 0.3) is 0 Å². The standard InChI is InChI=1S/C19H32OS/c1-3-17(2)18-13-9-10-14-19(18)20-15-11-7-5-4-6-8-12-16-21/h9-10,13-14,17,21H,3-8,11-12,15-16H2,1-2H3. The fourth-order valence-corrected chi connectivity index (χ4v) is 2.74. The molecule has 0 aromatic heterocycles. The van der Waals surface area contributed by atoms with Crippen molar-refractivity contribution in [1.29, 1.82) is 0 Å². The molecule has 0 amide bonds. The highest BCUT2D eigenvalue weighted by Crippen LogP contribution is 2.28. The number of rotatable bonds is 12. The maximum absolute atomic E-state index is 6.00. The van der Waals surface area contributed by atoms with Crippen molar-refractivity contribution in [3.8, 4) is 5.75 Å². The van der Waals surface area contributed by atoms with E-state index in [0.717, 1.165) is 24.5 Å². The maximum atomic E-state index is 6.00. The first kappa shape index (κ1) is 18.4. The summed E-state index contributed by atoms with van der Waals surface area (Å²) in [5, 5.41) is 0. The second kappa shape index (κ2) is 12.0. The van der Waals surface area contributed by atoms with Gasteiger partial charge in [0.2, 0.25) is 0 Å². The molecule has 1 aromatic carbocycles. The monoisotopic (exact) mass is 308 g/mol. The van der Waals surface area contributed by atoms with Crippen LogP contribution in [0.25, 0.3) is 0 Å². The first-order chi connectivity index (χ1) is 10.3. The average Bonchev–Trinajstić information content (AvgIpc) is 2.53. The van der Waals surface area contributed by atoms with Gasteiger partial charge in [-0.15, -0.1) is 0 Å². The minimum atomic E-state index is 0.577. The lowest BCUT2D eigenvalue weighted by Gasteiger charge is -2.15. The van der Waals surface area contributed by atoms with Gasteiger partial charge >= 0.3 is 0 Å². The van der Waals surface area contributed by atoms with Gasteiger partial charge in [0.1, 0.15) is 5.75 Å². The summed E-state index contributed by atoms with van der Waals surface area (Å²) < 4.78 is 6.00. The number of para-hydroxylation sites is 1. The van der Waals surface area contributed by atoms with Gasteiger partial charge in [-0.2, -0.15) is 12.6 Å². The van der Waals surface area contributed by atoms with Crippen molar-refractivity contribution in [3.63, 3.8) is 0 Å². The maximum Gasteiger partial charge on any atom is 0.122 e. The number of unbranched alkanes of at least 4 members (excludes halogenated alkanes) is 6. The molecule has 0 aliphatic rings. The van der Waals surface area contributed by atoms with Crippen molar-refractivity contribution in [3.05, 3.63) is 29.8 Å². The molecular weight excluding hydrogens is 276 g/mol. The molecular formula is C19H32OS. The topological polar surface area (TPSA) is 9.23 Å². The molecule has 0 aliphatic heterocycles. The van der Waals surface area contributed by atoms with Gasteiger partial charge < -0.3 is 4.74 Å². The van der Waals surface area contributed by atoms with Crippen molar-refractivity contribution >= 4 is 12.6 Å². The van der Waals surface area contributed by atoms with Crippen LogP contribution in [0.4, 0.5) is 0 Å². The molecule has 1 unspecified atom stereocenters. The second-order valence-corrected chi connectivity index (χ2v) is 6.34. The number of hydrogen-bond acceptors (Lipinski definition) is 2. The van der Waals surface area contributed by atoms with E-state index < -0.39 is 0 Å². The van der Waals surface area contributed by atoms with Gasteiger partial charge in [0.05, 0.1) is 6.61 Å². The highest BCUT2D eigenvalue weighted by atomic mass is 32.1. The Labute approximate surface area is 136 Å². The van der Waals surface area contributed by atoms with Crippen LogP contribution < -0.4 is 4.74 Å². The van der Waals surface area contributed by atoms with E-state index in [2.05, 4.69) is 50.7 Å². The lowest BCUT2D eigenvalue weighted by atomic mass is 9.98. The van der Waals surface area contributed by atoms with Gasteiger partial charge in [0.15, 0.2) is 0 Å². The van der Waals surface area contributed by atoms with Crippen LogP contribution >= 0.6 is 12.6 Å². The smallest absolute Gasteiger partial charge is 0.122 e. The Balaban J connectivity index is 2.15. The zero-order chi connectivity index (χ0) is 15.3. The fraction of sp³-hybridized carbons (Fsp3) is 0.684. The van der Waals surface area contributed by atoms with Gasteiger partial charge in [-0.25, -0.2) is 0 Å². The van der Waals surface area contributed by atoms with E-state index in [1.165, 1.54) is 50.5 Å². The molecule has 2 heteroatoms. The van der Waals surface area contributed by atoms with Crippen molar-refractivity contribution in [2.45, 2.75) is 71.1 Å². The number of thiol groups is 1. The molecule has 21 heavy (non-hydrogen) atoms. The summed E-state index contributed by atoms with van der Waals surface area (Å²) in [7, 11) is 0. The lowest BCUT2D eigenvalue weighted by Crippen LogP contribution is -2.02. The molecule has 0 spiro atoms. The summed E-state index contributed by atoms with van der Waals surface area (Å²) >= 11 is 4.24. The van der Waals surface area contributed by atoms with Gasteiger partial charge in [-0.1, -0.05) is 64.2 Å². The molecule has 0 heterocycles. The summed E-state index contributed by atoms with van der Waals surface area (Å²) in [6, 6.07) is 8.49. The molecule has 1 nitrogen and oxygen atoms in total. The van der Waals surface area contributed by atoms with Crippen molar-refractivity contribution in [2.75, 3.05) is 12.4 Å². The second-order valence-electron chi connectivity index (χ2n) is 5.89. The van der Waals surface area contributed by atoms with Gasteiger partial charge in [-0.3, -0.25) is 0 Å². The van der Waals surface area contributed by atoms with Crippen LogP contribution in [0.15, 0.2) is 24.3 Å². The molecule has 1 aromatic rings. The quantitative estimate of drug-likeness (QED) is 0.355. The van der Waals surface area contributed by atoms with Crippen molar-refractivity contribution in [2.24, 2.45) is 0 Å². The highest BCUT2D eigenvalue weighted by Gasteiger charge is 2.08. The van der Waals surface area contributed by atoms with Crippen molar-refractivity contribution in [1.82, 2.24) is 0 Å². The Bertz CT molecular complexity index is 364. The molecule has 0 N–H and O–H groups in total. The Morgan fingerprint density at radius 1 is 0.952 bits per heavy atom. The third-order valence-electron chi connectivity index (χ3n) is 4.12.